The van der Waals surface area contributed by atoms with Gasteiger partial charge in [0.05, 0.1) is 13.2 Å². The van der Waals surface area contributed by atoms with Gasteiger partial charge in [0, 0.05) is 19.0 Å². The monoisotopic (exact) mass is 281 g/mol. The van der Waals surface area contributed by atoms with Gasteiger partial charge < -0.3 is 14.4 Å². The van der Waals surface area contributed by atoms with Gasteiger partial charge in [0.2, 0.25) is 0 Å². The summed E-state index contributed by atoms with van der Waals surface area (Å²) in [5.74, 6) is 0.124. The van der Waals surface area contributed by atoms with E-state index in [2.05, 4.69) is 0 Å². The Hall–Kier alpha value is -1.78. The molecule has 0 aliphatic carbocycles. The lowest BCUT2D eigenvalue weighted by atomic mass is 9.99. The van der Waals surface area contributed by atoms with Crippen molar-refractivity contribution in [3.8, 4) is 5.75 Å². The number of likely N-dealkylation sites (tertiary alicyclic amines) is 1. The second-order valence-electron chi connectivity index (χ2n) is 4.89. The third-order valence-electron chi connectivity index (χ3n) is 3.36. The van der Waals surface area contributed by atoms with Crippen LogP contribution < -0.4 is 4.74 Å². The summed E-state index contributed by atoms with van der Waals surface area (Å²) in [6.07, 6.45) is 1.62. The maximum Gasteiger partial charge on any atom is 0.409 e. The molecular formula is C15H20FNO3. The first kappa shape index (κ1) is 14.6. The van der Waals surface area contributed by atoms with E-state index in [9.17, 15) is 9.18 Å². The zero-order valence-electron chi connectivity index (χ0n) is 11.7. The van der Waals surface area contributed by atoms with Crippen molar-refractivity contribution in [2.24, 2.45) is 5.92 Å². The number of halogens is 1. The van der Waals surface area contributed by atoms with E-state index < -0.39 is 0 Å². The Labute approximate surface area is 118 Å². The van der Waals surface area contributed by atoms with E-state index in [-0.39, 0.29) is 23.6 Å². The number of carbonyl (C=O) groups excluding carboxylic acids is 1. The molecule has 2 rings (SSSR count). The number of hydrogen-bond donors (Lipinski definition) is 0. The third-order valence-corrected chi connectivity index (χ3v) is 3.36. The molecule has 0 aromatic heterocycles. The normalized spacial score (nSPS) is 18.7. The van der Waals surface area contributed by atoms with Crippen molar-refractivity contribution in [2.75, 3.05) is 26.3 Å². The standard InChI is InChI=1S/C15H20FNO3/c1-2-19-15(18)17-9-5-6-12(10-17)11-20-14-8-4-3-7-13(14)16/h3-4,7-8,12H,2,5-6,9-11H2,1H3. The molecule has 1 atom stereocenters. The molecular weight excluding hydrogens is 261 g/mol. The van der Waals surface area contributed by atoms with Crippen molar-refractivity contribution < 1.29 is 18.7 Å². The third kappa shape index (κ3) is 3.85. The molecule has 0 spiro atoms. The Morgan fingerprint density at radius 3 is 3.00 bits per heavy atom. The minimum atomic E-state index is -0.356. The number of rotatable bonds is 4. The number of hydrogen-bond acceptors (Lipinski definition) is 3. The molecule has 1 unspecified atom stereocenters. The summed E-state index contributed by atoms with van der Waals surface area (Å²) < 4.78 is 23.9. The first-order valence-corrected chi connectivity index (χ1v) is 6.99. The highest BCUT2D eigenvalue weighted by Gasteiger charge is 2.25. The Morgan fingerprint density at radius 1 is 1.45 bits per heavy atom. The van der Waals surface area contributed by atoms with E-state index in [0.717, 1.165) is 19.4 Å². The van der Waals surface area contributed by atoms with Crippen LogP contribution in [0.5, 0.6) is 5.75 Å². The number of nitrogens with zero attached hydrogens (tertiary/aromatic N) is 1. The van der Waals surface area contributed by atoms with Gasteiger partial charge in [0.15, 0.2) is 11.6 Å². The molecule has 0 saturated carbocycles. The maximum atomic E-state index is 13.4. The molecule has 1 saturated heterocycles. The van der Waals surface area contributed by atoms with Crippen molar-refractivity contribution in [3.63, 3.8) is 0 Å². The van der Waals surface area contributed by atoms with Crippen molar-refractivity contribution in [3.05, 3.63) is 30.1 Å². The molecule has 1 aromatic rings. The van der Waals surface area contributed by atoms with Crippen LogP contribution in [0.15, 0.2) is 24.3 Å². The summed E-state index contributed by atoms with van der Waals surface area (Å²) in [6.45, 7) is 3.91. The highest BCUT2D eigenvalue weighted by Crippen LogP contribution is 2.21. The first-order chi connectivity index (χ1) is 9.70. The predicted octanol–water partition coefficient (Wildman–Crippen LogP) is 3.07. The van der Waals surface area contributed by atoms with Crippen LogP contribution in [0.2, 0.25) is 0 Å². The zero-order chi connectivity index (χ0) is 14.4. The fraction of sp³-hybridized carbons (Fsp3) is 0.533. The maximum absolute atomic E-state index is 13.4. The number of para-hydroxylation sites is 1. The van der Waals surface area contributed by atoms with Crippen LogP contribution in [-0.2, 0) is 4.74 Å². The second-order valence-corrected chi connectivity index (χ2v) is 4.89. The van der Waals surface area contributed by atoms with E-state index in [4.69, 9.17) is 9.47 Å². The Kier molecular flexibility index (Phi) is 5.21. The summed E-state index contributed by atoms with van der Waals surface area (Å²) in [5, 5.41) is 0. The average Bonchev–Trinajstić information content (AvgIpc) is 2.47. The van der Waals surface area contributed by atoms with Crippen molar-refractivity contribution in [2.45, 2.75) is 19.8 Å². The summed E-state index contributed by atoms with van der Waals surface area (Å²) in [4.78, 5) is 13.4. The van der Waals surface area contributed by atoms with Gasteiger partial charge in [0.1, 0.15) is 0 Å². The molecule has 1 aromatic carbocycles. The molecule has 1 aliphatic heterocycles. The topological polar surface area (TPSA) is 38.8 Å². The summed E-state index contributed by atoms with van der Waals surface area (Å²) in [6, 6.07) is 6.36. The fourth-order valence-electron chi connectivity index (χ4n) is 2.35. The molecule has 1 heterocycles. The summed E-state index contributed by atoms with van der Waals surface area (Å²) in [7, 11) is 0. The first-order valence-electron chi connectivity index (χ1n) is 6.99. The van der Waals surface area contributed by atoms with Crippen LogP contribution in [0.1, 0.15) is 19.8 Å². The van der Waals surface area contributed by atoms with Gasteiger partial charge >= 0.3 is 6.09 Å². The van der Waals surface area contributed by atoms with Crippen LogP contribution in [-0.4, -0.2) is 37.3 Å². The van der Waals surface area contributed by atoms with Crippen LogP contribution in [0.4, 0.5) is 9.18 Å². The highest BCUT2D eigenvalue weighted by atomic mass is 19.1. The van der Waals surface area contributed by atoms with E-state index in [1.165, 1.54) is 6.07 Å². The van der Waals surface area contributed by atoms with Crippen LogP contribution in [0.3, 0.4) is 0 Å². The van der Waals surface area contributed by atoms with E-state index in [1.54, 1.807) is 30.0 Å². The number of amides is 1. The van der Waals surface area contributed by atoms with Gasteiger partial charge in [-0.3, -0.25) is 0 Å². The van der Waals surface area contributed by atoms with Gasteiger partial charge in [-0.15, -0.1) is 0 Å². The molecule has 110 valence electrons. The lowest BCUT2D eigenvalue weighted by Crippen LogP contribution is -2.41. The fourth-order valence-corrected chi connectivity index (χ4v) is 2.35. The quantitative estimate of drug-likeness (QED) is 0.851. The van der Waals surface area contributed by atoms with Crippen LogP contribution in [0, 0.1) is 11.7 Å². The molecule has 1 aliphatic rings. The minimum absolute atomic E-state index is 0.216. The van der Waals surface area contributed by atoms with Crippen molar-refractivity contribution >= 4 is 6.09 Å². The van der Waals surface area contributed by atoms with E-state index in [1.807, 2.05) is 0 Å². The minimum Gasteiger partial charge on any atom is -0.490 e. The molecule has 1 fully saturated rings. The molecule has 20 heavy (non-hydrogen) atoms. The van der Waals surface area contributed by atoms with Gasteiger partial charge in [-0.2, -0.15) is 0 Å². The van der Waals surface area contributed by atoms with Crippen molar-refractivity contribution in [1.29, 1.82) is 0 Å². The molecule has 0 radical (unpaired) electrons. The van der Waals surface area contributed by atoms with Crippen LogP contribution >= 0.6 is 0 Å². The smallest absolute Gasteiger partial charge is 0.409 e. The molecule has 4 nitrogen and oxygen atoms in total. The second kappa shape index (κ2) is 7.12. The van der Waals surface area contributed by atoms with Crippen molar-refractivity contribution in [1.82, 2.24) is 4.90 Å². The zero-order valence-corrected chi connectivity index (χ0v) is 11.7. The summed E-state index contributed by atoms with van der Waals surface area (Å²) in [5.41, 5.74) is 0. The largest absolute Gasteiger partial charge is 0.490 e. The number of benzene rings is 1. The number of ether oxygens (including phenoxy) is 2. The van der Waals surface area contributed by atoms with Gasteiger partial charge in [-0.25, -0.2) is 9.18 Å². The Morgan fingerprint density at radius 2 is 2.25 bits per heavy atom. The van der Waals surface area contributed by atoms with Gasteiger partial charge in [-0.05, 0) is 31.9 Å². The Bertz CT molecular complexity index is 452. The molecule has 5 heteroatoms. The lowest BCUT2D eigenvalue weighted by molar-refractivity contribution is 0.0785. The van der Waals surface area contributed by atoms with Gasteiger partial charge in [0.25, 0.3) is 0 Å². The SMILES string of the molecule is CCOC(=O)N1CCCC(COc2ccccc2F)C1. The molecule has 0 N–H and O–H groups in total. The average molecular weight is 281 g/mol. The number of piperidine rings is 1. The number of carbonyl (C=O) groups is 1. The van der Waals surface area contributed by atoms with Gasteiger partial charge in [-0.1, -0.05) is 12.1 Å². The summed E-state index contributed by atoms with van der Waals surface area (Å²) >= 11 is 0. The highest BCUT2D eigenvalue weighted by molar-refractivity contribution is 5.67. The lowest BCUT2D eigenvalue weighted by Gasteiger charge is -2.31. The molecule has 1 amide bonds. The predicted molar refractivity (Wildman–Crippen MR) is 73.2 cm³/mol. The van der Waals surface area contributed by atoms with E-state index >= 15 is 0 Å². The van der Waals surface area contributed by atoms with E-state index in [0.29, 0.717) is 19.8 Å². The Balaban J connectivity index is 1.84. The van der Waals surface area contributed by atoms with Crippen LogP contribution in [0.25, 0.3) is 0 Å². The molecule has 0 bridgehead atoms.